The average molecular weight is 690 g/mol. The summed E-state index contributed by atoms with van der Waals surface area (Å²) in [5, 5.41) is 14.6. The summed E-state index contributed by atoms with van der Waals surface area (Å²) < 4.78 is 29.9. The normalized spacial score (nSPS) is 13.1. The number of carboxylic acids is 1. The molecule has 0 bridgehead atoms. The van der Waals surface area contributed by atoms with Gasteiger partial charge in [0.1, 0.15) is 0 Å². The van der Waals surface area contributed by atoms with E-state index in [0.717, 1.165) is 15.6 Å². The first-order chi connectivity index (χ1) is 20.1. The molecule has 4 aromatic carbocycles. The second kappa shape index (κ2) is 15.1. The number of aliphatic carboxylic acids is 1. The third-order valence-electron chi connectivity index (χ3n) is 6.98. The van der Waals surface area contributed by atoms with Gasteiger partial charge in [-0.2, -0.15) is 4.31 Å². The number of halogens is 3. The molecule has 4 aromatic rings. The van der Waals surface area contributed by atoms with Crippen molar-refractivity contribution in [2.75, 3.05) is 19.6 Å². The fourth-order valence-electron chi connectivity index (χ4n) is 4.75. The van der Waals surface area contributed by atoms with Crippen LogP contribution in [0.1, 0.15) is 22.7 Å². The number of carboxylic acid groups (broad SMARTS) is 1. The molecule has 0 radical (unpaired) electrons. The average Bonchev–Trinajstić information content (AvgIpc) is 2.97. The highest BCUT2D eigenvalue weighted by Crippen LogP contribution is 2.33. The predicted octanol–water partition coefficient (Wildman–Crippen LogP) is 7.26. The molecule has 220 valence electrons. The molecule has 0 saturated heterocycles. The molecular weight excluding hydrogens is 659 g/mol. The van der Waals surface area contributed by atoms with Crippen molar-refractivity contribution in [1.82, 2.24) is 9.62 Å². The number of hydrogen-bond acceptors (Lipinski definition) is 4. The Kier molecular flexibility index (Phi) is 11.6. The Morgan fingerprint density at radius 3 is 2.02 bits per heavy atom. The fourth-order valence-corrected chi connectivity index (χ4v) is 7.01. The monoisotopic (exact) mass is 688 g/mol. The van der Waals surface area contributed by atoms with Crippen LogP contribution >= 0.6 is 39.1 Å². The van der Waals surface area contributed by atoms with Gasteiger partial charge in [0.15, 0.2) is 0 Å². The van der Waals surface area contributed by atoms with Crippen molar-refractivity contribution in [3.05, 3.63) is 134 Å². The maximum absolute atomic E-state index is 13.9. The van der Waals surface area contributed by atoms with Gasteiger partial charge in [0, 0.05) is 33.6 Å². The van der Waals surface area contributed by atoms with Crippen LogP contribution < -0.4 is 5.32 Å². The maximum atomic E-state index is 13.9. The van der Waals surface area contributed by atoms with E-state index in [9.17, 15) is 18.3 Å². The summed E-state index contributed by atoms with van der Waals surface area (Å²) in [4.78, 5) is 13.0. The Balaban J connectivity index is 1.69. The van der Waals surface area contributed by atoms with Gasteiger partial charge in [-0.3, -0.25) is 4.79 Å². The molecule has 0 aliphatic carbocycles. The summed E-state index contributed by atoms with van der Waals surface area (Å²) in [6, 6.07) is 29.8. The molecule has 4 rings (SSSR count). The van der Waals surface area contributed by atoms with Gasteiger partial charge >= 0.3 is 5.97 Å². The molecule has 0 aliphatic rings. The number of nitrogens with one attached hydrogen (secondary N) is 1. The minimum absolute atomic E-state index is 0.0843. The summed E-state index contributed by atoms with van der Waals surface area (Å²) >= 11 is 16.1. The van der Waals surface area contributed by atoms with E-state index in [4.69, 9.17) is 23.2 Å². The molecule has 0 aliphatic heterocycles. The largest absolute Gasteiger partial charge is 0.481 e. The maximum Gasteiger partial charge on any atom is 0.309 e. The van der Waals surface area contributed by atoms with Gasteiger partial charge in [-0.05, 0) is 72.5 Å². The van der Waals surface area contributed by atoms with Gasteiger partial charge in [-0.25, -0.2) is 8.42 Å². The molecule has 42 heavy (non-hydrogen) atoms. The van der Waals surface area contributed by atoms with Gasteiger partial charge in [-0.1, -0.05) is 106 Å². The predicted molar refractivity (Wildman–Crippen MR) is 172 cm³/mol. The number of nitrogens with zero attached hydrogens (tertiary/aromatic N) is 1. The summed E-state index contributed by atoms with van der Waals surface area (Å²) in [6.45, 7) is 0.265. The standard InChI is InChI=1S/C32H31BrCl2N2O4S/c33-25-11-14-27(15-12-25)42(40,41)37(20-18-24-9-5-2-6-10-24)22-29(32(38)39)31(28-16-13-26(34)21-30(28)35)36-19-17-23-7-3-1-4-8-23/h1-16,21,29,31,36H,17-20,22H2,(H,38,39). The zero-order chi connectivity index (χ0) is 30.1. The summed E-state index contributed by atoms with van der Waals surface area (Å²) in [5.74, 6) is -2.31. The first kappa shape index (κ1) is 32.2. The number of benzene rings is 4. The van der Waals surface area contributed by atoms with Crippen molar-refractivity contribution in [3.63, 3.8) is 0 Å². The van der Waals surface area contributed by atoms with Crippen molar-refractivity contribution in [2.45, 2.75) is 23.8 Å². The van der Waals surface area contributed by atoms with Crippen LogP contribution in [-0.2, 0) is 27.7 Å². The highest BCUT2D eigenvalue weighted by atomic mass is 79.9. The third-order valence-corrected chi connectivity index (χ3v) is 9.95. The summed E-state index contributed by atoms with van der Waals surface area (Å²) in [5.41, 5.74) is 2.56. The molecule has 2 atom stereocenters. The lowest BCUT2D eigenvalue weighted by atomic mass is 9.92. The Bertz CT molecular complexity index is 1570. The van der Waals surface area contributed by atoms with Crippen LogP contribution in [0.3, 0.4) is 0 Å². The molecule has 0 heterocycles. The van der Waals surface area contributed by atoms with Crippen molar-refractivity contribution in [1.29, 1.82) is 0 Å². The van der Waals surface area contributed by atoms with Crippen LogP contribution in [-0.4, -0.2) is 43.4 Å². The fraction of sp³-hybridized carbons (Fsp3) is 0.219. The van der Waals surface area contributed by atoms with E-state index in [-0.39, 0.29) is 18.0 Å². The third kappa shape index (κ3) is 8.66. The molecule has 2 unspecified atom stereocenters. The smallest absolute Gasteiger partial charge is 0.309 e. The van der Waals surface area contributed by atoms with Crippen molar-refractivity contribution < 1.29 is 18.3 Å². The van der Waals surface area contributed by atoms with E-state index < -0.39 is 28.0 Å². The second-order valence-electron chi connectivity index (χ2n) is 9.83. The minimum Gasteiger partial charge on any atom is -0.481 e. The van der Waals surface area contributed by atoms with Crippen molar-refractivity contribution in [2.24, 2.45) is 5.92 Å². The van der Waals surface area contributed by atoms with Gasteiger partial charge in [0.05, 0.1) is 10.8 Å². The molecule has 0 spiro atoms. The van der Waals surface area contributed by atoms with Crippen molar-refractivity contribution >= 4 is 55.1 Å². The van der Waals surface area contributed by atoms with Crippen molar-refractivity contribution in [3.8, 4) is 0 Å². The first-order valence-electron chi connectivity index (χ1n) is 13.4. The molecule has 0 saturated carbocycles. The van der Waals surface area contributed by atoms with E-state index in [1.165, 1.54) is 16.4 Å². The Hall–Kier alpha value is -2.72. The van der Waals surface area contributed by atoms with Gasteiger partial charge in [-0.15, -0.1) is 0 Å². The molecule has 2 N–H and O–H groups in total. The Morgan fingerprint density at radius 1 is 0.857 bits per heavy atom. The quantitative estimate of drug-likeness (QED) is 0.146. The van der Waals surface area contributed by atoms with E-state index >= 15 is 0 Å². The number of rotatable bonds is 14. The van der Waals surface area contributed by atoms with Gasteiger partial charge < -0.3 is 10.4 Å². The van der Waals surface area contributed by atoms with Gasteiger partial charge in [0.25, 0.3) is 0 Å². The lowest BCUT2D eigenvalue weighted by Gasteiger charge is -2.31. The summed E-state index contributed by atoms with van der Waals surface area (Å²) in [7, 11) is -4.05. The number of hydrogen-bond donors (Lipinski definition) is 2. The zero-order valence-corrected chi connectivity index (χ0v) is 26.6. The van der Waals surface area contributed by atoms with Crippen LogP contribution in [0.2, 0.25) is 10.0 Å². The highest BCUT2D eigenvalue weighted by molar-refractivity contribution is 9.10. The van der Waals surface area contributed by atoms with Gasteiger partial charge in [0.2, 0.25) is 10.0 Å². The lowest BCUT2D eigenvalue weighted by molar-refractivity contribution is -0.143. The van der Waals surface area contributed by atoms with E-state index in [2.05, 4.69) is 21.2 Å². The molecule has 0 aromatic heterocycles. The van der Waals surface area contributed by atoms with Crippen LogP contribution in [0.15, 0.2) is 112 Å². The second-order valence-corrected chi connectivity index (χ2v) is 13.5. The molecule has 6 nitrogen and oxygen atoms in total. The minimum atomic E-state index is -4.05. The lowest BCUT2D eigenvalue weighted by Crippen LogP contribution is -2.44. The topological polar surface area (TPSA) is 86.7 Å². The highest BCUT2D eigenvalue weighted by Gasteiger charge is 2.36. The number of sulfonamides is 1. The molecule has 0 fully saturated rings. The molecule has 0 amide bonds. The van der Waals surface area contributed by atoms with E-state index in [1.807, 2.05) is 60.7 Å². The first-order valence-corrected chi connectivity index (χ1v) is 16.4. The SMILES string of the molecule is O=C(O)C(CN(CCc1ccccc1)S(=O)(=O)c1ccc(Br)cc1)C(NCCc1ccccc1)c1ccc(Cl)cc1Cl. The van der Waals surface area contributed by atoms with E-state index in [0.29, 0.717) is 35.0 Å². The van der Waals surface area contributed by atoms with Crippen LogP contribution in [0.4, 0.5) is 0 Å². The zero-order valence-electron chi connectivity index (χ0n) is 22.7. The Morgan fingerprint density at radius 2 is 1.45 bits per heavy atom. The van der Waals surface area contributed by atoms with Crippen LogP contribution in [0.25, 0.3) is 0 Å². The number of carbonyl (C=O) groups is 1. The van der Waals surface area contributed by atoms with Crippen LogP contribution in [0, 0.1) is 5.92 Å². The summed E-state index contributed by atoms with van der Waals surface area (Å²) in [6.07, 6.45) is 1.06. The molecular formula is C32H31BrCl2N2O4S. The van der Waals surface area contributed by atoms with E-state index in [1.54, 1.807) is 30.3 Å². The Labute approximate surface area is 265 Å². The molecule has 10 heteroatoms. The van der Waals surface area contributed by atoms with Crippen LogP contribution in [0.5, 0.6) is 0 Å².